The van der Waals surface area contributed by atoms with E-state index in [-0.39, 0.29) is 22.8 Å². The Morgan fingerprint density at radius 2 is 2.04 bits per heavy atom. The van der Waals surface area contributed by atoms with Gasteiger partial charge in [0.15, 0.2) is 5.82 Å². The maximum atomic E-state index is 13.6. The van der Waals surface area contributed by atoms with Crippen LogP contribution in [0.1, 0.15) is 19.2 Å². The smallest absolute Gasteiger partial charge is 0.296 e. The fourth-order valence-corrected chi connectivity index (χ4v) is 3.27. The summed E-state index contributed by atoms with van der Waals surface area (Å²) in [5.41, 5.74) is 1.01. The molecular weight excluding hydrogens is 364 g/mol. The van der Waals surface area contributed by atoms with Gasteiger partial charge in [-0.25, -0.2) is 18.7 Å². The molecule has 0 saturated carbocycles. The molecule has 3 aromatic rings. The third-order valence-electron chi connectivity index (χ3n) is 4.31. The van der Waals surface area contributed by atoms with Gasteiger partial charge in [0.25, 0.3) is 6.43 Å². The van der Waals surface area contributed by atoms with Crippen LogP contribution in [0, 0.1) is 0 Å². The van der Waals surface area contributed by atoms with Crippen molar-refractivity contribution in [1.82, 2.24) is 19.5 Å². The number of rotatable bonds is 3. The number of aromatic nitrogens is 4. The summed E-state index contributed by atoms with van der Waals surface area (Å²) >= 11 is 6.19. The minimum absolute atomic E-state index is 0.0594. The second-order valence-electron chi connectivity index (χ2n) is 6.06. The number of ether oxygens (including phenoxy) is 1. The maximum Gasteiger partial charge on any atom is 0.296 e. The van der Waals surface area contributed by atoms with Crippen molar-refractivity contribution in [2.45, 2.75) is 19.4 Å². The van der Waals surface area contributed by atoms with E-state index in [0.29, 0.717) is 36.7 Å². The van der Waals surface area contributed by atoms with Crippen molar-refractivity contribution in [2.75, 3.05) is 24.7 Å². The number of fused-ring (bicyclic) bond motifs is 1. The second kappa shape index (κ2) is 6.77. The molecule has 26 heavy (non-hydrogen) atoms. The van der Waals surface area contributed by atoms with Crippen molar-refractivity contribution in [3.05, 3.63) is 41.3 Å². The van der Waals surface area contributed by atoms with Crippen molar-refractivity contribution < 1.29 is 13.5 Å². The van der Waals surface area contributed by atoms with Gasteiger partial charge in [-0.05, 0) is 19.1 Å². The molecule has 1 saturated heterocycles. The lowest BCUT2D eigenvalue weighted by Gasteiger charge is -2.33. The summed E-state index contributed by atoms with van der Waals surface area (Å²) in [6.07, 6.45) is -2.75. The Labute approximate surface area is 153 Å². The Morgan fingerprint density at radius 3 is 2.81 bits per heavy atom. The van der Waals surface area contributed by atoms with E-state index < -0.39 is 6.43 Å². The average molecular weight is 380 g/mol. The highest BCUT2D eigenvalue weighted by molar-refractivity contribution is 6.29. The van der Waals surface area contributed by atoms with Crippen molar-refractivity contribution in [3.63, 3.8) is 0 Å². The lowest BCUT2D eigenvalue weighted by atomic mass is 10.3. The number of nitrogens with zero attached hydrogens (tertiary/aromatic N) is 5. The van der Waals surface area contributed by atoms with Crippen LogP contribution >= 0.6 is 11.6 Å². The number of alkyl halides is 2. The van der Waals surface area contributed by atoms with E-state index in [1.165, 1.54) is 10.6 Å². The molecule has 1 aromatic carbocycles. The Balaban J connectivity index is 1.88. The Hall–Kier alpha value is -2.32. The number of halogens is 3. The molecule has 3 heterocycles. The summed E-state index contributed by atoms with van der Waals surface area (Å²) < 4.78 is 33.9. The molecule has 0 spiro atoms. The molecule has 0 unspecified atom stereocenters. The highest BCUT2D eigenvalue weighted by atomic mass is 35.5. The average Bonchev–Trinajstić information content (AvgIpc) is 3.01. The molecule has 6 nitrogen and oxygen atoms in total. The molecule has 2 aromatic heterocycles. The molecule has 136 valence electrons. The summed E-state index contributed by atoms with van der Waals surface area (Å²) in [5, 5.41) is 0.182. The molecule has 1 fully saturated rings. The SMILES string of the molecule is C[C@H]1COCCN1c1nc(Cl)cc(-n2c(C(F)F)nc3ccccc32)n1. The van der Waals surface area contributed by atoms with Crippen molar-refractivity contribution in [1.29, 1.82) is 0 Å². The summed E-state index contributed by atoms with van der Waals surface area (Å²) in [6.45, 7) is 3.68. The second-order valence-corrected chi connectivity index (χ2v) is 6.45. The van der Waals surface area contributed by atoms with Gasteiger partial charge in [-0.3, -0.25) is 4.57 Å². The van der Waals surface area contributed by atoms with Gasteiger partial charge >= 0.3 is 0 Å². The quantitative estimate of drug-likeness (QED) is 0.650. The molecule has 0 aliphatic carbocycles. The topological polar surface area (TPSA) is 56.1 Å². The maximum absolute atomic E-state index is 13.6. The number of imidazole rings is 1. The van der Waals surface area contributed by atoms with Gasteiger partial charge in [0.05, 0.1) is 30.3 Å². The molecule has 9 heteroatoms. The van der Waals surface area contributed by atoms with Crippen LogP contribution in [0.15, 0.2) is 30.3 Å². The largest absolute Gasteiger partial charge is 0.377 e. The van der Waals surface area contributed by atoms with Crippen LogP contribution in [0.25, 0.3) is 16.9 Å². The lowest BCUT2D eigenvalue weighted by molar-refractivity contribution is 0.0981. The fourth-order valence-electron chi connectivity index (χ4n) is 3.09. The number of hydrogen-bond acceptors (Lipinski definition) is 5. The zero-order chi connectivity index (χ0) is 18.3. The first kappa shape index (κ1) is 17.1. The minimum atomic E-state index is -2.75. The third kappa shape index (κ3) is 2.99. The first-order chi connectivity index (χ1) is 12.5. The molecule has 0 amide bonds. The van der Waals surface area contributed by atoms with E-state index in [0.717, 1.165) is 0 Å². The number of para-hydroxylation sites is 2. The summed E-state index contributed by atoms with van der Waals surface area (Å²) in [4.78, 5) is 14.8. The molecule has 0 radical (unpaired) electrons. The van der Waals surface area contributed by atoms with E-state index in [1.807, 2.05) is 11.8 Å². The van der Waals surface area contributed by atoms with Crippen LogP contribution < -0.4 is 4.90 Å². The highest BCUT2D eigenvalue weighted by Crippen LogP contribution is 2.29. The number of morpholine rings is 1. The van der Waals surface area contributed by atoms with Crippen LogP contribution in [-0.2, 0) is 4.74 Å². The predicted molar refractivity (Wildman–Crippen MR) is 94.3 cm³/mol. The van der Waals surface area contributed by atoms with Gasteiger partial charge in [-0.15, -0.1) is 0 Å². The van der Waals surface area contributed by atoms with E-state index in [2.05, 4.69) is 15.0 Å². The van der Waals surface area contributed by atoms with Crippen LogP contribution in [0.3, 0.4) is 0 Å². The van der Waals surface area contributed by atoms with Crippen LogP contribution in [0.5, 0.6) is 0 Å². The van der Waals surface area contributed by atoms with Gasteiger partial charge in [-0.2, -0.15) is 4.98 Å². The highest BCUT2D eigenvalue weighted by Gasteiger charge is 2.25. The van der Waals surface area contributed by atoms with Gasteiger partial charge < -0.3 is 9.64 Å². The summed E-state index contributed by atoms with van der Waals surface area (Å²) in [7, 11) is 0. The molecule has 0 bridgehead atoms. The Morgan fingerprint density at radius 1 is 1.23 bits per heavy atom. The monoisotopic (exact) mass is 379 g/mol. The van der Waals surface area contributed by atoms with Gasteiger partial charge in [-0.1, -0.05) is 23.7 Å². The third-order valence-corrected chi connectivity index (χ3v) is 4.50. The number of benzene rings is 1. The van der Waals surface area contributed by atoms with E-state index in [9.17, 15) is 8.78 Å². The predicted octanol–water partition coefficient (Wildman–Crippen LogP) is 3.63. The summed E-state index contributed by atoms with van der Waals surface area (Å²) in [5.74, 6) is 0.283. The normalized spacial score (nSPS) is 18.0. The Kier molecular flexibility index (Phi) is 4.46. The molecule has 1 aliphatic heterocycles. The number of hydrogen-bond donors (Lipinski definition) is 0. The van der Waals surface area contributed by atoms with Gasteiger partial charge in [0, 0.05) is 12.6 Å². The zero-order valence-electron chi connectivity index (χ0n) is 13.9. The van der Waals surface area contributed by atoms with E-state index in [1.54, 1.807) is 24.3 Å². The fraction of sp³-hybridized carbons (Fsp3) is 0.353. The zero-order valence-corrected chi connectivity index (χ0v) is 14.7. The molecule has 0 N–H and O–H groups in total. The van der Waals surface area contributed by atoms with Gasteiger partial charge in [0.2, 0.25) is 5.95 Å². The molecular formula is C17H16ClF2N5O. The molecule has 1 aliphatic rings. The van der Waals surface area contributed by atoms with Crippen molar-refractivity contribution in [3.8, 4) is 5.82 Å². The van der Waals surface area contributed by atoms with Crippen molar-refractivity contribution >= 4 is 28.6 Å². The van der Waals surface area contributed by atoms with Crippen LogP contribution in [0.4, 0.5) is 14.7 Å². The van der Waals surface area contributed by atoms with E-state index in [4.69, 9.17) is 16.3 Å². The van der Waals surface area contributed by atoms with Crippen LogP contribution in [-0.4, -0.2) is 45.3 Å². The van der Waals surface area contributed by atoms with Crippen LogP contribution in [0.2, 0.25) is 5.15 Å². The molecule has 1 atom stereocenters. The molecule has 4 rings (SSSR count). The summed E-state index contributed by atoms with van der Waals surface area (Å²) in [6, 6.07) is 8.46. The standard InChI is InChI=1S/C17H16ClF2N5O/c1-10-9-26-7-6-24(10)17-22-13(18)8-14(23-17)25-12-5-3-2-4-11(12)21-16(25)15(19)20/h2-5,8,10,15H,6-7,9H2,1H3/t10-/m0/s1. The van der Waals surface area contributed by atoms with Gasteiger partial charge in [0.1, 0.15) is 11.0 Å². The lowest BCUT2D eigenvalue weighted by Crippen LogP contribution is -2.44. The van der Waals surface area contributed by atoms with E-state index >= 15 is 0 Å². The minimum Gasteiger partial charge on any atom is -0.377 e. The first-order valence-electron chi connectivity index (χ1n) is 8.19. The number of anilines is 1. The first-order valence-corrected chi connectivity index (χ1v) is 8.57. The Bertz CT molecular complexity index is 948. The van der Waals surface area contributed by atoms with Crippen molar-refractivity contribution in [2.24, 2.45) is 0 Å².